The van der Waals surface area contributed by atoms with Crippen LogP contribution in [-0.4, -0.2) is 43.2 Å². The Balaban J connectivity index is 3.14. The molecule has 8 heteroatoms. The Bertz CT molecular complexity index is 688. The summed E-state index contributed by atoms with van der Waals surface area (Å²) in [6, 6.07) is 3.79. The minimum Gasteiger partial charge on any atom is -0.478 e. The molecule has 0 spiro atoms. The van der Waals surface area contributed by atoms with Crippen LogP contribution in [0.15, 0.2) is 18.2 Å². The fraction of sp³-hybridized carbons (Fsp3) is 0.429. The monoisotopic (exact) mass is 329 g/mol. The lowest BCUT2D eigenvalue weighted by Crippen LogP contribution is -2.24. The lowest BCUT2D eigenvalue weighted by atomic mass is 10.1. The van der Waals surface area contributed by atoms with Crippen molar-refractivity contribution in [3.8, 4) is 0 Å². The van der Waals surface area contributed by atoms with Crippen LogP contribution in [0.25, 0.3) is 0 Å². The third-order valence-electron chi connectivity index (χ3n) is 2.35. The van der Waals surface area contributed by atoms with Crippen LogP contribution in [0, 0.1) is 0 Å². The summed E-state index contributed by atoms with van der Waals surface area (Å²) in [6.45, 7) is 5.07. The van der Waals surface area contributed by atoms with Crippen molar-refractivity contribution in [1.29, 1.82) is 0 Å². The summed E-state index contributed by atoms with van der Waals surface area (Å²) in [5.41, 5.74) is -0.618. The summed E-state index contributed by atoms with van der Waals surface area (Å²) >= 11 is 0. The van der Waals surface area contributed by atoms with Gasteiger partial charge in [0.25, 0.3) is 0 Å². The van der Waals surface area contributed by atoms with Gasteiger partial charge in [0.2, 0.25) is 0 Å². The predicted molar refractivity (Wildman–Crippen MR) is 81.9 cm³/mol. The first-order valence-electron chi connectivity index (χ1n) is 6.41. The maximum absolute atomic E-state index is 12.0. The summed E-state index contributed by atoms with van der Waals surface area (Å²) in [7, 11) is -3.29. The van der Waals surface area contributed by atoms with Crippen molar-refractivity contribution in [3.63, 3.8) is 0 Å². The van der Waals surface area contributed by atoms with Crippen LogP contribution >= 0.6 is 0 Å². The van der Waals surface area contributed by atoms with E-state index >= 15 is 0 Å². The summed E-state index contributed by atoms with van der Waals surface area (Å²) in [6.07, 6.45) is 1.04. The van der Waals surface area contributed by atoms with E-state index in [-0.39, 0.29) is 22.7 Å². The number of carboxylic acid groups (broad SMARTS) is 1. The number of anilines is 1. The standard InChI is InChI=1S/C14H19NO6S/c1-14(2,3)21-13(18)10-5-9(12(16)17)6-11(7-10)15-8-22(4,19)20/h5-7,15H,8H2,1-4H3,(H,16,17). The minimum atomic E-state index is -3.29. The molecule has 0 aliphatic rings. The number of nitrogens with one attached hydrogen (secondary N) is 1. The van der Waals surface area contributed by atoms with Crippen molar-refractivity contribution >= 4 is 27.5 Å². The molecule has 2 N–H and O–H groups in total. The van der Waals surface area contributed by atoms with Gasteiger partial charge < -0.3 is 15.2 Å². The highest BCUT2D eigenvalue weighted by Crippen LogP contribution is 2.19. The largest absolute Gasteiger partial charge is 0.478 e. The summed E-state index contributed by atoms with van der Waals surface area (Å²) in [5, 5.41) is 11.7. The second-order valence-electron chi connectivity index (χ2n) is 5.85. The number of hydrogen-bond donors (Lipinski definition) is 2. The van der Waals surface area contributed by atoms with Crippen molar-refractivity contribution < 1.29 is 27.9 Å². The topological polar surface area (TPSA) is 110 Å². The molecule has 0 amide bonds. The smallest absolute Gasteiger partial charge is 0.338 e. The predicted octanol–water partition coefficient (Wildman–Crippen LogP) is 1.75. The highest BCUT2D eigenvalue weighted by molar-refractivity contribution is 7.90. The van der Waals surface area contributed by atoms with Gasteiger partial charge in [0.05, 0.1) is 11.1 Å². The number of carboxylic acids is 1. The normalized spacial score (nSPS) is 11.8. The van der Waals surface area contributed by atoms with E-state index in [2.05, 4.69) is 5.32 Å². The molecule has 0 saturated heterocycles. The molecule has 0 aromatic heterocycles. The molecule has 0 atom stereocenters. The van der Waals surface area contributed by atoms with Gasteiger partial charge >= 0.3 is 11.9 Å². The Labute approximate surface area is 129 Å². The molecule has 122 valence electrons. The molecule has 0 aliphatic carbocycles. The highest BCUT2D eigenvalue weighted by Gasteiger charge is 2.20. The van der Waals surface area contributed by atoms with Crippen molar-refractivity contribution in [3.05, 3.63) is 29.3 Å². The molecule has 0 radical (unpaired) electrons. The van der Waals surface area contributed by atoms with Crippen molar-refractivity contribution in [2.45, 2.75) is 26.4 Å². The number of carbonyl (C=O) groups excluding carboxylic acids is 1. The zero-order valence-electron chi connectivity index (χ0n) is 12.8. The maximum atomic E-state index is 12.0. The number of hydrogen-bond acceptors (Lipinski definition) is 6. The average Bonchev–Trinajstić information content (AvgIpc) is 2.33. The van der Waals surface area contributed by atoms with E-state index in [0.29, 0.717) is 0 Å². The molecule has 7 nitrogen and oxygen atoms in total. The number of ether oxygens (including phenoxy) is 1. The fourth-order valence-corrected chi connectivity index (χ4v) is 1.95. The molecule has 1 aromatic carbocycles. The lowest BCUT2D eigenvalue weighted by Gasteiger charge is -2.20. The molecular weight excluding hydrogens is 310 g/mol. The summed E-state index contributed by atoms with van der Waals surface area (Å²) in [4.78, 5) is 23.1. The van der Waals surface area contributed by atoms with E-state index in [1.807, 2.05) is 0 Å². The molecule has 0 heterocycles. The zero-order valence-corrected chi connectivity index (χ0v) is 13.7. The van der Waals surface area contributed by atoms with Crippen LogP contribution in [0.1, 0.15) is 41.5 Å². The van der Waals surface area contributed by atoms with Gasteiger partial charge in [-0.2, -0.15) is 0 Å². The van der Waals surface area contributed by atoms with Gasteiger partial charge in [-0.05, 0) is 39.0 Å². The number of carbonyl (C=O) groups is 2. The first kappa shape index (κ1) is 18.0. The molecule has 0 saturated carbocycles. The Kier molecular flexibility index (Phi) is 5.18. The molecule has 0 bridgehead atoms. The summed E-state index contributed by atoms with van der Waals surface area (Å²) in [5.74, 6) is -2.28. The van der Waals surface area contributed by atoms with Crippen molar-refractivity contribution in [2.24, 2.45) is 0 Å². The number of sulfone groups is 1. The molecule has 0 aliphatic heterocycles. The van der Waals surface area contributed by atoms with Crippen LogP contribution < -0.4 is 5.32 Å². The van der Waals surface area contributed by atoms with E-state index in [9.17, 15) is 18.0 Å². The van der Waals surface area contributed by atoms with Crippen LogP contribution in [-0.2, 0) is 14.6 Å². The van der Waals surface area contributed by atoms with Gasteiger partial charge in [-0.1, -0.05) is 0 Å². The van der Waals surface area contributed by atoms with Crippen LogP contribution in [0.5, 0.6) is 0 Å². The van der Waals surface area contributed by atoms with Gasteiger partial charge in [-0.15, -0.1) is 0 Å². The van der Waals surface area contributed by atoms with Gasteiger partial charge in [0, 0.05) is 11.9 Å². The molecule has 0 fully saturated rings. The highest BCUT2D eigenvalue weighted by atomic mass is 32.2. The molecule has 1 rings (SSSR count). The molecule has 1 aromatic rings. The average molecular weight is 329 g/mol. The van der Waals surface area contributed by atoms with E-state index in [1.165, 1.54) is 18.2 Å². The van der Waals surface area contributed by atoms with E-state index in [1.54, 1.807) is 20.8 Å². The third kappa shape index (κ3) is 6.13. The molecule has 0 unspecified atom stereocenters. The van der Waals surface area contributed by atoms with Crippen molar-refractivity contribution in [1.82, 2.24) is 0 Å². The van der Waals surface area contributed by atoms with Crippen molar-refractivity contribution in [2.75, 3.05) is 17.4 Å². The second-order valence-corrected chi connectivity index (χ2v) is 7.99. The minimum absolute atomic E-state index is 0.0332. The Morgan fingerprint density at radius 2 is 1.73 bits per heavy atom. The Hall–Kier alpha value is -2.09. The maximum Gasteiger partial charge on any atom is 0.338 e. The van der Waals surface area contributed by atoms with E-state index < -0.39 is 27.4 Å². The number of esters is 1. The number of aromatic carboxylic acids is 1. The van der Waals surface area contributed by atoms with Crippen LogP contribution in [0.3, 0.4) is 0 Å². The SMILES string of the molecule is CC(C)(C)OC(=O)c1cc(NCS(C)(=O)=O)cc(C(=O)O)c1. The Morgan fingerprint density at radius 1 is 1.18 bits per heavy atom. The van der Waals surface area contributed by atoms with Crippen LogP contribution in [0.2, 0.25) is 0 Å². The van der Waals surface area contributed by atoms with Gasteiger partial charge in [0.1, 0.15) is 11.5 Å². The fourth-order valence-electron chi connectivity index (χ4n) is 1.52. The quantitative estimate of drug-likeness (QED) is 0.792. The lowest BCUT2D eigenvalue weighted by molar-refractivity contribution is 0.00695. The summed E-state index contributed by atoms with van der Waals surface area (Å²) < 4.78 is 27.5. The van der Waals surface area contributed by atoms with E-state index in [4.69, 9.17) is 9.84 Å². The first-order valence-corrected chi connectivity index (χ1v) is 8.47. The zero-order chi connectivity index (χ0) is 17.1. The van der Waals surface area contributed by atoms with Gasteiger partial charge in [-0.25, -0.2) is 18.0 Å². The molecule has 22 heavy (non-hydrogen) atoms. The Morgan fingerprint density at radius 3 is 2.18 bits per heavy atom. The van der Waals surface area contributed by atoms with Gasteiger partial charge in [0.15, 0.2) is 9.84 Å². The van der Waals surface area contributed by atoms with Crippen LogP contribution in [0.4, 0.5) is 5.69 Å². The second kappa shape index (κ2) is 6.35. The number of benzene rings is 1. The van der Waals surface area contributed by atoms with Gasteiger partial charge in [-0.3, -0.25) is 0 Å². The number of rotatable bonds is 5. The third-order valence-corrected chi connectivity index (χ3v) is 3.02. The van der Waals surface area contributed by atoms with E-state index in [0.717, 1.165) is 6.26 Å². The first-order chi connectivity index (χ1) is 9.87. The molecular formula is C14H19NO6S.